The summed E-state index contributed by atoms with van der Waals surface area (Å²) in [5, 5.41) is 1.13. The van der Waals surface area contributed by atoms with E-state index in [9.17, 15) is 9.59 Å². The second kappa shape index (κ2) is 8.43. The third-order valence-electron chi connectivity index (χ3n) is 6.48. The van der Waals surface area contributed by atoms with Crippen LogP contribution in [-0.4, -0.2) is 58.4 Å². The molecule has 2 amide bonds. The van der Waals surface area contributed by atoms with E-state index in [1.54, 1.807) is 4.90 Å². The zero-order chi connectivity index (χ0) is 22.2. The van der Waals surface area contributed by atoms with E-state index in [-0.39, 0.29) is 30.5 Å². The van der Waals surface area contributed by atoms with Crippen LogP contribution >= 0.6 is 0 Å². The third kappa shape index (κ3) is 3.58. The number of hydrogen-bond acceptors (Lipinski definition) is 3. The maximum atomic E-state index is 13.6. The Morgan fingerprint density at radius 1 is 1.06 bits per heavy atom. The molecular formula is C26H29N3O3. The number of nitrogens with one attached hydrogen (secondary N) is 1. The molecule has 0 saturated carbocycles. The predicted octanol–water partition coefficient (Wildman–Crippen LogP) is 3.67. The van der Waals surface area contributed by atoms with Crippen molar-refractivity contribution in [3.63, 3.8) is 0 Å². The van der Waals surface area contributed by atoms with Crippen LogP contribution in [0.25, 0.3) is 10.9 Å². The van der Waals surface area contributed by atoms with E-state index in [1.807, 2.05) is 61.2 Å². The second-order valence-electron chi connectivity index (χ2n) is 8.93. The number of nitrogens with zero attached hydrogens (tertiary/aromatic N) is 2. The number of benzene rings is 2. The van der Waals surface area contributed by atoms with E-state index in [4.69, 9.17) is 4.74 Å². The van der Waals surface area contributed by atoms with Crippen LogP contribution in [0.15, 0.2) is 54.6 Å². The van der Waals surface area contributed by atoms with E-state index in [0.717, 1.165) is 34.1 Å². The van der Waals surface area contributed by atoms with Crippen molar-refractivity contribution in [3.8, 4) is 0 Å². The molecule has 0 aliphatic carbocycles. The standard InChI is InChI=1S/C26H29N3O3/c1-17(2)32-14-8-13-28-16-23(30)29-22(26(28)31)15-20-19-11-6-7-12-21(19)27-24(20)25(29)18-9-4-3-5-10-18/h3-7,9-12,17,22,25,27H,8,13-16H2,1-2H3/t22-,25?/m0/s1. The minimum atomic E-state index is -0.487. The smallest absolute Gasteiger partial charge is 0.246 e. The quantitative estimate of drug-likeness (QED) is 0.606. The lowest BCUT2D eigenvalue weighted by Gasteiger charge is -2.47. The van der Waals surface area contributed by atoms with Gasteiger partial charge in [-0.05, 0) is 37.5 Å². The van der Waals surface area contributed by atoms with Gasteiger partial charge >= 0.3 is 0 Å². The van der Waals surface area contributed by atoms with Gasteiger partial charge in [0.1, 0.15) is 6.04 Å². The Labute approximate surface area is 188 Å². The third-order valence-corrected chi connectivity index (χ3v) is 6.48. The van der Waals surface area contributed by atoms with Crippen LogP contribution in [0.1, 0.15) is 43.1 Å². The topological polar surface area (TPSA) is 65.6 Å². The van der Waals surface area contributed by atoms with E-state index >= 15 is 0 Å². The zero-order valence-electron chi connectivity index (χ0n) is 18.6. The fourth-order valence-corrected chi connectivity index (χ4v) is 5.07. The first-order chi connectivity index (χ1) is 15.5. The lowest BCUT2D eigenvalue weighted by Crippen LogP contribution is -2.63. The summed E-state index contributed by atoms with van der Waals surface area (Å²) < 4.78 is 5.62. The highest BCUT2D eigenvalue weighted by Crippen LogP contribution is 2.42. The molecule has 0 spiro atoms. The first-order valence-electron chi connectivity index (χ1n) is 11.4. The summed E-state index contributed by atoms with van der Waals surface area (Å²) in [6, 6.07) is 17.4. The van der Waals surface area contributed by atoms with Gasteiger partial charge in [0, 0.05) is 36.2 Å². The number of carbonyl (C=O) groups is 2. The van der Waals surface area contributed by atoms with E-state index < -0.39 is 6.04 Å². The van der Waals surface area contributed by atoms with Gasteiger partial charge in [-0.3, -0.25) is 9.59 Å². The van der Waals surface area contributed by atoms with Crippen LogP contribution in [0.5, 0.6) is 0 Å². The number of aromatic amines is 1. The van der Waals surface area contributed by atoms with Crippen LogP contribution in [-0.2, 0) is 20.7 Å². The van der Waals surface area contributed by atoms with Crippen molar-refractivity contribution in [2.75, 3.05) is 19.7 Å². The van der Waals surface area contributed by atoms with E-state index in [2.05, 4.69) is 17.1 Å². The van der Waals surface area contributed by atoms with Crippen LogP contribution in [0, 0.1) is 0 Å². The average Bonchev–Trinajstić information content (AvgIpc) is 3.17. The molecule has 32 heavy (non-hydrogen) atoms. The number of carbonyl (C=O) groups excluding carboxylic acids is 2. The SMILES string of the molecule is CC(C)OCCCN1CC(=O)N2C(c3ccccc3)c3[nH]c4ccccc4c3C[C@H]2C1=O. The summed E-state index contributed by atoms with van der Waals surface area (Å²) in [6.07, 6.45) is 1.42. The minimum absolute atomic E-state index is 0.00228. The van der Waals surface area contributed by atoms with E-state index in [0.29, 0.717) is 19.6 Å². The summed E-state index contributed by atoms with van der Waals surface area (Å²) in [5.41, 5.74) is 4.22. The van der Waals surface area contributed by atoms with Crippen molar-refractivity contribution >= 4 is 22.7 Å². The molecule has 1 aromatic heterocycles. The molecule has 0 bridgehead atoms. The van der Waals surface area contributed by atoms with Crippen molar-refractivity contribution in [3.05, 3.63) is 71.4 Å². The number of rotatable bonds is 6. The Morgan fingerprint density at radius 3 is 2.59 bits per heavy atom. The summed E-state index contributed by atoms with van der Waals surface area (Å²) in [7, 11) is 0. The molecule has 2 aromatic carbocycles. The summed E-state index contributed by atoms with van der Waals surface area (Å²) >= 11 is 0. The van der Waals surface area contributed by atoms with Gasteiger partial charge in [-0.15, -0.1) is 0 Å². The number of ether oxygens (including phenoxy) is 1. The summed E-state index contributed by atoms with van der Waals surface area (Å²) in [5.74, 6) is 0.0311. The van der Waals surface area contributed by atoms with Crippen LogP contribution in [0.3, 0.4) is 0 Å². The van der Waals surface area contributed by atoms with Gasteiger partial charge in [-0.2, -0.15) is 0 Å². The fourth-order valence-electron chi connectivity index (χ4n) is 5.07. The Bertz CT molecular complexity index is 1140. The van der Waals surface area contributed by atoms with Gasteiger partial charge in [0.25, 0.3) is 0 Å². The number of hydrogen-bond donors (Lipinski definition) is 1. The molecule has 1 N–H and O–H groups in total. The van der Waals surface area contributed by atoms with Crippen LogP contribution < -0.4 is 0 Å². The Balaban J connectivity index is 1.51. The molecule has 3 aromatic rings. The van der Waals surface area contributed by atoms with Gasteiger partial charge in [-0.1, -0.05) is 48.5 Å². The minimum Gasteiger partial charge on any atom is -0.379 e. The van der Waals surface area contributed by atoms with Gasteiger partial charge in [-0.25, -0.2) is 0 Å². The summed E-state index contributed by atoms with van der Waals surface area (Å²) in [4.78, 5) is 34.1. The number of fused-ring (bicyclic) bond motifs is 4. The number of piperazine rings is 1. The van der Waals surface area contributed by atoms with Gasteiger partial charge in [0.05, 0.1) is 18.7 Å². The van der Waals surface area contributed by atoms with Gasteiger partial charge in [0.15, 0.2) is 0 Å². The molecular weight excluding hydrogens is 402 g/mol. The van der Waals surface area contributed by atoms with Gasteiger partial charge < -0.3 is 19.5 Å². The Kier molecular flexibility index (Phi) is 5.47. The first kappa shape index (κ1) is 20.8. The zero-order valence-corrected chi connectivity index (χ0v) is 18.6. The maximum Gasteiger partial charge on any atom is 0.246 e. The highest BCUT2D eigenvalue weighted by atomic mass is 16.5. The largest absolute Gasteiger partial charge is 0.379 e. The predicted molar refractivity (Wildman–Crippen MR) is 123 cm³/mol. The lowest BCUT2D eigenvalue weighted by molar-refractivity contribution is -0.158. The molecule has 6 heteroatoms. The number of aromatic nitrogens is 1. The molecule has 6 nitrogen and oxygen atoms in total. The molecule has 1 unspecified atom stereocenters. The van der Waals surface area contributed by atoms with Crippen molar-refractivity contribution in [1.82, 2.24) is 14.8 Å². The normalized spacial score (nSPS) is 20.7. The highest BCUT2D eigenvalue weighted by molar-refractivity contribution is 5.97. The Hall–Kier alpha value is -3.12. The van der Waals surface area contributed by atoms with Crippen molar-refractivity contribution in [2.24, 2.45) is 0 Å². The maximum absolute atomic E-state index is 13.6. The molecule has 1 saturated heterocycles. The average molecular weight is 432 g/mol. The van der Waals surface area contributed by atoms with E-state index in [1.165, 1.54) is 0 Å². The molecule has 166 valence electrons. The van der Waals surface area contributed by atoms with Crippen molar-refractivity contribution < 1.29 is 14.3 Å². The van der Waals surface area contributed by atoms with Crippen molar-refractivity contribution in [1.29, 1.82) is 0 Å². The van der Waals surface area contributed by atoms with Crippen molar-refractivity contribution in [2.45, 2.75) is 44.9 Å². The molecule has 2 atom stereocenters. The van der Waals surface area contributed by atoms with Crippen LogP contribution in [0.4, 0.5) is 0 Å². The molecule has 2 aliphatic rings. The lowest BCUT2D eigenvalue weighted by atomic mass is 9.86. The Morgan fingerprint density at radius 2 is 1.81 bits per heavy atom. The van der Waals surface area contributed by atoms with Gasteiger partial charge in [0.2, 0.25) is 11.8 Å². The number of amides is 2. The molecule has 0 radical (unpaired) electrons. The first-order valence-corrected chi connectivity index (χ1v) is 11.4. The monoisotopic (exact) mass is 431 g/mol. The summed E-state index contributed by atoms with van der Waals surface area (Å²) in [6.45, 7) is 5.24. The molecule has 1 fully saturated rings. The molecule has 3 heterocycles. The highest BCUT2D eigenvalue weighted by Gasteiger charge is 2.47. The molecule has 2 aliphatic heterocycles. The number of H-pyrrole nitrogens is 1. The molecule has 5 rings (SSSR count). The number of para-hydroxylation sites is 1. The van der Waals surface area contributed by atoms with Crippen LogP contribution in [0.2, 0.25) is 0 Å². The second-order valence-corrected chi connectivity index (χ2v) is 8.93. The fraction of sp³-hybridized carbons (Fsp3) is 0.385.